The Bertz CT molecular complexity index is 842. The van der Waals surface area contributed by atoms with Gasteiger partial charge in [0.2, 0.25) is 0 Å². The molecule has 3 rings (SSSR count). The van der Waals surface area contributed by atoms with Crippen LogP contribution in [-0.2, 0) is 5.41 Å². The number of aromatic nitrogens is 3. The van der Waals surface area contributed by atoms with Crippen molar-refractivity contribution in [3.05, 3.63) is 59.7 Å². The number of hydrogen-bond donors (Lipinski definition) is 0. The molecule has 0 saturated carbocycles. The molecule has 0 fully saturated rings. The summed E-state index contributed by atoms with van der Waals surface area (Å²) in [5.74, 6) is 0.883. The fourth-order valence-electron chi connectivity index (χ4n) is 2.74. The number of thioether (sulfide) groups is 1. The second-order valence-corrected chi connectivity index (χ2v) is 7.73. The maximum absolute atomic E-state index is 4.46. The lowest BCUT2D eigenvalue weighted by atomic mass is 9.87. The SMILES string of the molecule is CSc1nnc(-c2ccc(C(C)(C)C)cc2)n1-c1ccccc1C. The lowest BCUT2D eigenvalue weighted by molar-refractivity contribution is 0.590. The standard InChI is InChI=1S/C20H23N3S/c1-14-8-6-7-9-17(14)23-18(21-22-19(23)24-5)15-10-12-16(13-11-15)20(2,3)4/h6-13H,1-5H3. The van der Waals surface area contributed by atoms with E-state index in [2.05, 4.69) is 91.0 Å². The topological polar surface area (TPSA) is 30.7 Å². The van der Waals surface area contributed by atoms with Gasteiger partial charge >= 0.3 is 0 Å². The molecule has 124 valence electrons. The van der Waals surface area contributed by atoms with Crippen molar-refractivity contribution in [2.24, 2.45) is 0 Å². The van der Waals surface area contributed by atoms with Crippen molar-refractivity contribution in [1.29, 1.82) is 0 Å². The Morgan fingerprint density at radius 3 is 2.17 bits per heavy atom. The van der Waals surface area contributed by atoms with E-state index < -0.39 is 0 Å². The van der Waals surface area contributed by atoms with E-state index in [9.17, 15) is 0 Å². The Labute approximate surface area is 148 Å². The first-order valence-corrected chi connectivity index (χ1v) is 9.30. The van der Waals surface area contributed by atoms with Crippen LogP contribution in [0.1, 0.15) is 31.9 Å². The molecule has 4 heteroatoms. The molecule has 0 N–H and O–H groups in total. The molecule has 0 radical (unpaired) electrons. The van der Waals surface area contributed by atoms with E-state index in [1.807, 2.05) is 6.26 Å². The van der Waals surface area contributed by atoms with Gasteiger partial charge in [-0.2, -0.15) is 0 Å². The van der Waals surface area contributed by atoms with Crippen LogP contribution in [0, 0.1) is 6.92 Å². The van der Waals surface area contributed by atoms with Crippen LogP contribution >= 0.6 is 11.8 Å². The van der Waals surface area contributed by atoms with E-state index in [1.54, 1.807) is 11.8 Å². The van der Waals surface area contributed by atoms with Crippen LogP contribution in [0.25, 0.3) is 17.1 Å². The predicted octanol–water partition coefficient (Wildman–Crippen LogP) is 5.26. The molecule has 3 nitrogen and oxygen atoms in total. The molecule has 0 aliphatic heterocycles. The van der Waals surface area contributed by atoms with Crippen LogP contribution in [0.2, 0.25) is 0 Å². The fourth-order valence-corrected chi connectivity index (χ4v) is 3.23. The molecule has 1 heterocycles. The lowest BCUT2D eigenvalue weighted by Gasteiger charge is -2.19. The van der Waals surface area contributed by atoms with Gasteiger partial charge in [0.05, 0.1) is 5.69 Å². The Hall–Kier alpha value is -2.07. The minimum absolute atomic E-state index is 0.145. The molecule has 0 spiro atoms. The van der Waals surface area contributed by atoms with E-state index >= 15 is 0 Å². The quantitative estimate of drug-likeness (QED) is 0.611. The van der Waals surface area contributed by atoms with Gasteiger partial charge in [-0.3, -0.25) is 4.57 Å². The molecule has 1 aromatic heterocycles. The number of nitrogens with zero attached hydrogens (tertiary/aromatic N) is 3. The summed E-state index contributed by atoms with van der Waals surface area (Å²) in [6, 6.07) is 17.0. The van der Waals surface area contributed by atoms with Crippen molar-refractivity contribution in [3.63, 3.8) is 0 Å². The molecule has 0 atom stereocenters. The fraction of sp³-hybridized carbons (Fsp3) is 0.300. The van der Waals surface area contributed by atoms with Crippen LogP contribution in [0.15, 0.2) is 53.7 Å². The van der Waals surface area contributed by atoms with E-state index in [4.69, 9.17) is 0 Å². The molecule has 0 unspecified atom stereocenters. The highest BCUT2D eigenvalue weighted by Gasteiger charge is 2.18. The summed E-state index contributed by atoms with van der Waals surface area (Å²) in [5, 5.41) is 9.74. The third-order valence-electron chi connectivity index (χ3n) is 4.18. The second kappa shape index (κ2) is 6.44. The summed E-state index contributed by atoms with van der Waals surface area (Å²) < 4.78 is 2.14. The average molecular weight is 337 g/mol. The minimum atomic E-state index is 0.145. The summed E-state index contributed by atoms with van der Waals surface area (Å²) >= 11 is 1.61. The van der Waals surface area contributed by atoms with Crippen LogP contribution in [0.3, 0.4) is 0 Å². The molecule has 24 heavy (non-hydrogen) atoms. The van der Waals surface area contributed by atoms with Crippen molar-refractivity contribution in [1.82, 2.24) is 14.8 Å². The van der Waals surface area contributed by atoms with Crippen molar-refractivity contribution in [2.75, 3.05) is 6.26 Å². The Morgan fingerprint density at radius 1 is 0.917 bits per heavy atom. The zero-order valence-electron chi connectivity index (χ0n) is 14.9. The van der Waals surface area contributed by atoms with Gasteiger partial charge in [0, 0.05) is 5.56 Å². The van der Waals surface area contributed by atoms with Gasteiger partial charge in [-0.1, -0.05) is 75.0 Å². The van der Waals surface area contributed by atoms with Gasteiger partial charge in [0.1, 0.15) is 0 Å². The minimum Gasteiger partial charge on any atom is -0.270 e. The van der Waals surface area contributed by atoms with Gasteiger partial charge in [-0.15, -0.1) is 10.2 Å². The lowest BCUT2D eigenvalue weighted by Crippen LogP contribution is -2.10. The zero-order valence-corrected chi connectivity index (χ0v) is 15.7. The Balaban J connectivity index is 2.13. The predicted molar refractivity (Wildman–Crippen MR) is 102 cm³/mol. The monoisotopic (exact) mass is 337 g/mol. The third-order valence-corrected chi connectivity index (χ3v) is 4.81. The maximum atomic E-state index is 4.46. The highest BCUT2D eigenvalue weighted by atomic mass is 32.2. The number of rotatable bonds is 3. The molecule has 0 aliphatic rings. The van der Waals surface area contributed by atoms with Crippen LogP contribution in [0.4, 0.5) is 0 Å². The van der Waals surface area contributed by atoms with E-state index in [-0.39, 0.29) is 5.41 Å². The second-order valence-electron chi connectivity index (χ2n) is 6.96. The molecule has 0 bridgehead atoms. The number of aryl methyl sites for hydroxylation is 1. The first-order chi connectivity index (χ1) is 11.4. The molecular formula is C20H23N3S. The van der Waals surface area contributed by atoms with Gasteiger partial charge < -0.3 is 0 Å². The molecule has 0 saturated heterocycles. The largest absolute Gasteiger partial charge is 0.270 e. The smallest absolute Gasteiger partial charge is 0.195 e. The summed E-state index contributed by atoms with van der Waals surface area (Å²) in [5.41, 5.74) is 4.88. The first-order valence-electron chi connectivity index (χ1n) is 8.08. The summed E-state index contributed by atoms with van der Waals surface area (Å²) in [6.07, 6.45) is 2.03. The molecule has 0 amide bonds. The van der Waals surface area contributed by atoms with Crippen molar-refractivity contribution in [2.45, 2.75) is 38.3 Å². The summed E-state index contributed by atoms with van der Waals surface area (Å²) in [6.45, 7) is 8.79. The van der Waals surface area contributed by atoms with Crippen molar-refractivity contribution in [3.8, 4) is 17.1 Å². The zero-order chi connectivity index (χ0) is 17.3. The first kappa shape index (κ1) is 16.8. The van der Waals surface area contributed by atoms with Gasteiger partial charge in [0.25, 0.3) is 0 Å². The Morgan fingerprint density at radius 2 is 1.58 bits per heavy atom. The van der Waals surface area contributed by atoms with Crippen LogP contribution < -0.4 is 0 Å². The third kappa shape index (κ3) is 3.11. The molecular weight excluding hydrogens is 314 g/mol. The Kier molecular flexibility index (Phi) is 4.50. The van der Waals surface area contributed by atoms with Crippen molar-refractivity contribution >= 4 is 11.8 Å². The van der Waals surface area contributed by atoms with E-state index in [0.717, 1.165) is 22.2 Å². The van der Waals surface area contributed by atoms with Gasteiger partial charge in [0.15, 0.2) is 11.0 Å². The van der Waals surface area contributed by atoms with Crippen LogP contribution in [-0.4, -0.2) is 21.0 Å². The van der Waals surface area contributed by atoms with Crippen molar-refractivity contribution < 1.29 is 0 Å². The van der Waals surface area contributed by atoms with Gasteiger partial charge in [-0.05, 0) is 35.8 Å². The average Bonchev–Trinajstić information content (AvgIpc) is 2.98. The van der Waals surface area contributed by atoms with Crippen LogP contribution in [0.5, 0.6) is 0 Å². The molecule has 3 aromatic rings. The molecule has 0 aliphatic carbocycles. The van der Waals surface area contributed by atoms with Gasteiger partial charge in [-0.25, -0.2) is 0 Å². The highest BCUT2D eigenvalue weighted by molar-refractivity contribution is 7.98. The summed E-state index contributed by atoms with van der Waals surface area (Å²) in [7, 11) is 0. The highest BCUT2D eigenvalue weighted by Crippen LogP contribution is 2.30. The normalized spacial score (nSPS) is 11.7. The molecule has 2 aromatic carbocycles. The maximum Gasteiger partial charge on any atom is 0.195 e. The van der Waals surface area contributed by atoms with E-state index in [0.29, 0.717) is 0 Å². The van der Waals surface area contributed by atoms with E-state index in [1.165, 1.54) is 11.1 Å². The number of para-hydroxylation sites is 1. The number of hydrogen-bond acceptors (Lipinski definition) is 3. The number of benzene rings is 2. The summed E-state index contributed by atoms with van der Waals surface area (Å²) in [4.78, 5) is 0.